The molecule has 0 spiro atoms. The third kappa shape index (κ3) is 3.65. The standard InChI is InChI=1S/C25H29NO/c27-25(22-15-7-2-8-16-22,23-17-9-3-10-18-23)24(21-13-5-1-6-14-21)26-19-11-4-12-20-26/h1-3,5-10,13-17,23-24,27H,4,11-12,18-20H2/t23?,24-,25?/m0/s1. The first kappa shape index (κ1) is 18.2. The van der Waals surface area contributed by atoms with Crippen LogP contribution >= 0.6 is 0 Å². The van der Waals surface area contributed by atoms with Crippen LogP contribution in [0.4, 0.5) is 0 Å². The van der Waals surface area contributed by atoms with Crippen LogP contribution in [0.25, 0.3) is 0 Å². The minimum Gasteiger partial charge on any atom is -0.383 e. The molecule has 1 aliphatic heterocycles. The van der Waals surface area contributed by atoms with Crippen LogP contribution in [0.5, 0.6) is 0 Å². The molecule has 0 radical (unpaired) electrons. The van der Waals surface area contributed by atoms with E-state index in [4.69, 9.17) is 0 Å². The fourth-order valence-electron chi connectivity index (χ4n) is 4.74. The van der Waals surface area contributed by atoms with E-state index in [9.17, 15) is 5.11 Å². The molecular formula is C25H29NO. The minimum atomic E-state index is -0.971. The summed E-state index contributed by atoms with van der Waals surface area (Å²) in [6.07, 6.45) is 13.1. The van der Waals surface area contributed by atoms with E-state index in [2.05, 4.69) is 71.7 Å². The highest BCUT2D eigenvalue weighted by atomic mass is 16.3. The monoisotopic (exact) mass is 359 g/mol. The molecule has 1 N–H and O–H groups in total. The van der Waals surface area contributed by atoms with Crippen LogP contribution in [-0.4, -0.2) is 23.1 Å². The smallest absolute Gasteiger partial charge is 0.116 e. The minimum absolute atomic E-state index is 0.0528. The van der Waals surface area contributed by atoms with Crippen molar-refractivity contribution in [2.45, 2.75) is 37.3 Å². The lowest BCUT2D eigenvalue weighted by Gasteiger charge is -2.48. The van der Waals surface area contributed by atoms with Crippen molar-refractivity contribution in [2.75, 3.05) is 13.1 Å². The molecule has 0 aromatic heterocycles. The van der Waals surface area contributed by atoms with E-state index >= 15 is 0 Å². The molecule has 2 aromatic rings. The molecule has 0 amide bonds. The van der Waals surface area contributed by atoms with Crippen LogP contribution in [0.1, 0.15) is 42.9 Å². The number of likely N-dealkylation sites (tertiary alicyclic amines) is 1. The molecule has 0 bridgehead atoms. The van der Waals surface area contributed by atoms with Crippen molar-refractivity contribution in [3.05, 3.63) is 96.1 Å². The Morgan fingerprint density at radius 3 is 2.15 bits per heavy atom. The van der Waals surface area contributed by atoms with Crippen molar-refractivity contribution in [3.8, 4) is 0 Å². The average molecular weight is 360 g/mol. The fraction of sp³-hybridized carbons (Fsp3) is 0.360. The van der Waals surface area contributed by atoms with Crippen molar-refractivity contribution >= 4 is 0 Å². The van der Waals surface area contributed by atoms with Gasteiger partial charge in [-0.15, -0.1) is 0 Å². The predicted octanol–water partition coefficient (Wildman–Crippen LogP) is 5.23. The number of benzene rings is 2. The molecule has 1 heterocycles. The summed E-state index contributed by atoms with van der Waals surface area (Å²) in [6.45, 7) is 2.09. The summed E-state index contributed by atoms with van der Waals surface area (Å²) in [5.74, 6) is 0.0528. The van der Waals surface area contributed by atoms with E-state index in [0.717, 1.165) is 25.1 Å². The number of rotatable bonds is 5. The lowest BCUT2D eigenvalue weighted by atomic mass is 9.70. The predicted molar refractivity (Wildman–Crippen MR) is 111 cm³/mol. The van der Waals surface area contributed by atoms with E-state index in [1.165, 1.54) is 24.8 Å². The molecule has 0 saturated carbocycles. The number of nitrogens with zero attached hydrogens (tertiary/aromatic N) is 1. The quantitative estimate of drug-likeness (QED) is 0.790. The Balaban J connectivity index is 1.85. The van der Waals surface area contributed by atoms with E-state index in [-0.39, 0.29) is 12.0 Å². The first-order valence-corrected chi connectivity index (χ1v) is 10.2. The third-order valence-corrected chi connectivity index (χ3v) is 6.07. The van der Waals surface area contributed by atoms with Crippen LogP contribution in [0.3, 0.4) is 0 Å². The Morgan fingerprint density at radius 1 is 0.852 bits per heavy atom. The molecule has 4 rings (SSSR count). The molecule has 1 saturated heterocycles. The van der Waals surface area contributed by atoms with E-state index in [1.807, 2.05) is 18.2 Å². The van der Waals surface area contributed by atoms with Crippen LogP contribution < -0.4 is 0 Å². The van der Waals surface area contributed by atoms with Gasteiger partial charge in [0.05, 0.1) is 6.04 Å². The molecule has 2 nitrogen and oxygen atoms in total. The lowest BCUT2D eigenvalue weighted by molar-refractivity contribution is -0.0906. The Labute approximate surface area is 162 Å². The molecule has 1 fully saturated rings. The van der Waals surface area contributed by atoms with Crippen molar-refractivity contribution in [1.29, 1.82) is 0 Å². The highest BCUT2D eigenvalue weighted by Gasteiger charge is 2.47. The van der Waals surface area contributed by atoms with Crippen molar-refractivity contribution in [3.63, 3.8) is 0 Å². The van der Waals surface area contributed by atoms with E-state index in [0.29, 0.717) is 0 Å². The third-order valence-electron chi connectivity index (χ3n) is 6.07. The number of hydrogen-bond donors (Lipinski definition) is 1. The zero-order chi connectivity index (χ0) is 18.5. The van der Waals surface area contributed by atoms with Crippen molar-refractivity contribution < 1.29 is 5.11 Å². The largest absolute Gasteiger partial charge is 0.383 e. The summed E-state index contributed by atoms with van der Waals surface area (Å²) in [5, 5.41) is 12.4. The topological polar surface area (TPSA) is 23.5 Å². The van der Waals surface area contributed by atoms with Crippen LogP contribution in [0.2, 0.25) is 0 Å². The first-order valence-electron chi connectivity index (χ1n) is 10.2. The Hall–Kier alpha value is -2.16. The molecule has 2 aromatic carbocycles. The highest BCUT2D eigenvalue weighted by molar-refractivity contribution is 5.34. The van der Waals surface area contributed by atoms with Gasteiger partial charge in [-0.2, -0.15) is 0 Å². The molecular weight excluding hydrogens is 330 g/mol. The summed E-state index contributed by atoms with van der Waals surface area (Å²) in [6, 6.07) is 20.8. The van der Waals surface area contributed by atoms with Gasteiger partial charge in [0.1, 0.15) is 5.60 Å². The number of allylic oxidation sites excluding steroid dienone is 3. The number of aliphatic hydroxyl groups is 1. The molecule has 140 valence electrons. The van der Waals surface area contributed by atoms with Crippen LogP contribution in [0, 0.1) is 5.92 Å². The molecule has 2 unspecified atom stereocenters. The van der Waals surface area contributed by atoms with Crippen molar-refractivity contribution in [1.82, 2.24) is 4.90 Å². The summed E-state index contributed by atoms with van der Waals surface area (Å²) < 4.78 is 0. The average Bonchev–Trinajstić information content (AvgIpc) is 2.76. The Morgan fingerprint density at radius 2 is 1.52 bits per heavy atom. The molecule has 1 aliphatic carbocycles. The van der Waals surface area contributed by atoms with E-state index < -0.39 is 5.60 Å². The zero-order valence-electron chi connectivity index (χ0n) is 15.9. The normalized spacial score (nSPS) is 23.7. The van der Waals surface area contributed by atoms with Gasteiger partial charge in [-0.05, 0) is 43.5 Å². The number of hydrogen-bond acceptors (Lipinski definition) is 2. The van der Waals surface area contributed by atoms with Gasteiger partial charge in [0.2, 0.25) is 0 Å². The van der Waals surface area contributed by atoms with Gasteiger partial charge in [-0.1, -0.05) is 91.4 Å². The first-order chi connectivity index (χ1) is 13.3. The molecule has 2 heteroatoms. The second-order valence-corrected chi connectivity index (χ2v) is 7.76. The lowest BCUT2D eigenvalue weighted by Crippen LogP contribution is -2.50. The van der Waals surface area contributed by atoms with Gasteiger partial charge in [0.25, 0.3) is 0 Å². The Kier molecular flexibility index (Phi) is 5.56. The summed E-state index contributed by atoms with van der Waals surface area (Å²) in [5.41, 5.74) is 1.24. The van der Waals surface area contributed by atoms with Gasteiger partial charge < -0.3 is 5.11 Å². The van der Waals surface area contributed by atoms with Gasteiger partial charge in [-0.25, -0.2) is 0 Å². The highest BCUT2D eigenvalue weighted by Crippen LogP contribution is 2.47. The van der Waals surface area contributed by atoms with E-state index in [1.54, 1.807) is 0 Å². The van der Waals surface area contributed by atoms with Crippen LogP contribution in [-0.2, 0) is 5.60 Å². The molecule has 27 heavy (non-hydrogen) atoms. The summed E-state index contributed by atoms with van der Waals surface area (Å²) >= 11 is 0. The SMILES string of the molecule is OC(c1ccccc1)(C1C=CC=CC1)[C@H](c1ccccc1)N1CCCCC1. The number of piperidine rings is 1. The van der Waals surface area contributed by atoms with Crippen molar-refractivity contribution in [2.24, 2.45) is 5.92 Å². The zero-order valence-corrected chi connectivity index (χ0v) is 15.9. The molecule has 3 atom stereocenters. The Bertz CT molecular complexity index is 776. The molecule has 2 aliphatic rings. The van der Waals surface area contributed by atoms with Gasteiger partial charge in [0, 0.05) is 5.92 Å². The maximum absolute atomic E-state index is 12.4. The van der Waals surface area contributed by atoms with Gasteiger partial charge >= 0.3 is 0 Å². The summed E-state index contributed by atoms with van der Waals surface area (Å²) in [4.78, 5) is 2.51. The maximum Gasteiger partial charge on any atom is 0.116 e. The second kappa shape index (κ2) is 8.24. The summed E-state index contributed by atoms with van der Waals surface area (Å²) in [7, 11) is 0. The fourth-order valence-corrected chi connectivity index (χ4v) is 4.74. The van der Waals surface area contributed by atoms with Gasteiger partial charge in [-0.3, -0.25) is 4.90 Å². The second-order valence-electron chi connectivity index (χ2n) is 7.76. The maximum atomic E-state index is 12.4. The van der Waals surface area contributed by atoms with Gasteiger partial charge in [0.15, 0.2) is 0 Å². The van der Waals surface area contributed by atoms with Crippen LogP contribution in [0.15, 0.2) is 85.0 Å².